The molecule has 0 fully saturated rings. The number of hydrogen-bond acceptors (Lipinski definition) is 1. The van der Waals surface area contributed by atoms with Crippen molar-refractivity contribution in [3.8, 4) is 5.75 Å². The Hall–Kier alpha value is -1.37. The Kier molecular flexibility index (Phi) is 4.05. The summed E-state index contributed by atoms with van der Waals surface area (Å²) in [6.45, 7) is 0.261. The number of ether oxygens (including phenoxy) is 1. The second kappa shape index (κ2) is 5.11. The first-order valence-corrected chi connectivity index (χ1v) is 4.44. The average molecular weight is 242 g/mol. The molecule has 0 aliphatic rings. The van der Waals surface area contributed by atoms with Gasteiger partial charge in [-0.3, -0.25) is 0 Å². The van der Waals surface area contributed by atoms with Crippen LogP contribution in [0.2, 0.25) is 0 Å². The lowest BCUT2D eigenvalue weighted by atomic mass is 10.2. The molecule has 0 spiro atoms. The molecule has 0 atom stereocenters. The molecular weight excluding hydrogens is 233 g/mol. The summed E-state index contributed by atoms with van der Waals surface area (Å²) in [5.41, 5.74) is 3.44. The maximum Gasteiger partial charge on any atom is 0.206 e. The highest BCUT2D eigenvalue weighted by Crippen LogP contribution is 2.28. The van der Waals surface area contributed by atoms with E-state index in [1.165, 1.54) is 0 Å². The summed E-state index contributed by atoms with van der Waals surface area (Å²) in [7, 11) is 0. The van der Waals surface area contributed by atoms with E-state index in [0.717, 1.165) is 0 Å². The van der Waals surface area contributed by atoms with E-state index in [1.54, 1.807) is 0 Å². The molecule has 1 aromatic carbocycles. The Bertz CT molecular complexity index is 367. The molecule has 1 aromatic rings. The van der Waals surface area contributed by atoms with Gasteiger partial charge in [-0.05, 0) is 0 Å². The molecule has 1 rings (SSSR count). The van der Waals surface area contributed by atoms with Crippen molar-refractivity contribution in [3.63, 3.8) is 0 Å². The molecule has 0 radical (unpaired) electrons. The van der Waals surface area contributed by atoms with E-state index < -0.39 is 34.8 Å². The SMILES string of the molecule is [NH3+]CCCOc1c(F)c(F)c(F)c(F)c1F. The lowest BCUT2D eigenvalue weighted by Crippen LogP contribution is -2.50. The third-order valence-electron chi connectivity index (χ3n) is 1.81. The van der Waals surface area contributed by atoms with Gasteiger partial charge in [-0.1, -0.05) is 0 Å². The zero-order chi connectivity index (χ0) is 12.3. The molecule has 3 N–H and O–H groups in total. The van der Waals surface area contributed by atoms with Crippen molar-refractivity contribution in [2.24, 2.45) is 0 Å². The van der Waals surface area contributed by atoms with Crippen molar-refractivity contribution in [2.75, 3.05) is 13.2 Å². The number of halogens is 5. The van der Waals surface area contributed by atoms with Crippen LogP contribution >= 0.6 is 0 Å². The highest BCUT2D eigenvalue weighted by atomic mass is 19.2. The minimum Gasteiger partial charge on any atom is -0.487 e. The predicted molar refractivity (Wildman–Crippen MR) is 44.1 cm³/mol. The molecule has 0 unspecified atom stereocenters. The fraction of sp³-hybridized carbons (Fsp3) is 0.333. The zero-order valence-corrected chi connectivity index (χ0v) is 8.13. The Morgan fingerprint density at radius 1 is 0.812 bits per heavy atom. The third kappa shape index (κ3) is 2.24. The molecule has 0 heterocycles. The molecule has 16 heavy (non-hydrogen) atoms. The van der Waals surface area contributed by atoms with Gasteiger partial charge in [0.1, 0.15) is 0 Å². The lowest BCUT2D eigenvalue weighted by Gasteiger charge is -2.09. The molecular formula is C9H9F5NO+. The van der Waals surface area contributed by atoms with E-state index in [0.29, 0.717) is 13.0 Å². The molecule has 90 valence electrons. The van der Waals surface area contributed by atoms with Crippen molar-refractivity contribution in [2.45, 2.75) is 6.42 Å². The minimum absolute atomic E-state index is 0.165. The molecule has 0 saturated carbocycles. The Labute approximate surface area is 87.8 Å². The predicted octanol–water partition coefficient (Wildman–Crippen LogP) is 1.39. The van der Waals surface area contributed by atoms with E-state index in [2.05, 4.69) is 10.5 Å². The molecule has 0 saturated heterocycles. The Balaban J connectivity index is 3.08. The fourth-order valence-electron chi connectivity index (χ4n) is 0.988. The first kappa shape index (κ1) is 12.7. The van der Waals surface area contributed by atoms with Crippen molar-refractivity contribution in [1.82, 2.24) is 0 Å². The minimum atomic E-state index is -2.19. The number of hydrogen-bond donors (Lipinski definition) is 1. The van der Waals surface area contributed by atoms with E-state index >= 15 is 0 Å². The zero-order valence-electron chi connectivity index (χ0n) is 8.13. The first-order valence-electron chi connectivity index (χ1n) is 4.44. The molecule has 0 aliphatic carbocycles. The van der Waals surface area contributed by atoms with Crippen LogP contribution in [0.15, 0.2) is 0 Å². The van der Waals surface area contributed by atoms with Gasteiger partial charge in [-0.15, -0.1) is 0 Å². The van der Waals surface area contributed by atoms with Crippen LogP contribution in [0.25, 0.3) is 0 Å². The van der Waals surface area contributed by atoms with Crippen molar-refractivity contribution in [3.05, 3.63) is 29.1 Å². The summed E-state index contributed by atoms with van der Waals surface area (Å²) < 4.78 is 68.3. The van der Waals surface area contributed by atoms with E-state index in [-0.39, 0.29) is 6.61 Å². The van der Waals surface area contributed by atoms with Crippen LogP contribution in [-0.4, -0.2) is 13.2 Å². The van der Waals surface area contributed by atoms with Crippen molar-refractivity contribution in [1.29, 1.82) is 0 Å². The molecule has 2 nitrogen and oxygen atoms in total. The Morgan fingerprint density at radius 3 is 1.69 bits per heavy atom. The standard InChI is InChI=1S/C9H8F5NO/c10-4-5(11)7(13)9(8(14)6(4)12)16-3-1-2-15/h1-3,15H2/p+1. The summed E-state index contributed by atoms with van der Waals surface area (Å²) in [5.74, 6) is -11.4. The molecule has 0 bridgehead atoms. The molecule has 7 heteroatoms. The first-order chi connectivity index (χ1) is 7.50. The van der Waals surface area contributed by atoms with Crippen molar-refractivity contribution < 1.29 is 32.4 Å². The van der Waals surface area contributed by atoms with Gasteiger partial charge in [0, 0.05) is 6.42 Å². The van der Waals surface area contributed by atoms with Gasteiger partial charge in [0.2, 0.25) is 29.1 Å². The fourth-order valence-corrected chi connectivity index (χ4v) is 0.988. The van der Waals surface area contributed by atoms with Crippen LogP contribution in [0.1, 0.15) is 6.42 Å². The third-order valence-corrected chi connectivity index (χ3v) is 1.81. The highest BCUT2D eigenvalue weighted by Gasteiger charge is 2.26. The van der Waals surface area contributed by atoms with E-state index in [4.69, 9.17) is 0 Å². The highest BCUT2D eigenvalue weighted by molar-refractivity contribution is 5.29. The van der Waals surface area contributed by atoms with Crippen LogP contribution in [0.5, 0.6) is 5.75 Å². The van der Waals surface area contributed by atoms with Gasteiger partial charge in [0.15, 0.2) is 5.75 Å². The van der Waals surface area contributed by atoms with Gasteiger partial charge >= 0.3 is 0 Å². The lowest BCUT2D eigenvalue weighted by molar-refractivity contribution is -0.368. The van der Waals surface area contributed by atoms with E-state index in [1.807, 2.05) is 0 Å². The van der Waals surface area contributed by atoms with Gasteiger partial charge in [0.05, 0.1) is 13.2 Å². The largest absolute Gasteiger partial charge is 0.487 e. The second-order valence-corrected chi connectivity index (χ2v) is 2.95. The number of benzene rings is 1. The summed E-state index contributed by atoms with van der Waals surface area (Å²) in [6.07, 6.45) is 0.347. The topological polar surface area (TPSA) is 36.9 Å². The summed E-state index contributed by atoms with van der Waals surface area (Å²) in [6, 6.07) is 0. The van der Waals surface area contributed by atoms with Crippen LogP contribution in [-0.2, 0) is 0 Å². The van der Waals surface area contributed by atoms with Gasteiger partial charge in [-0.2, -0.15) is 8.78 Å². The summed E-state index contributed by atoms with van der Waals surface area (Å²) in [5, 5.41) is 0. The normalized spacial score (nSPS) is 10.6. The Morgan fingerprint density at radius 2 is 1.25 bits per heavy atom. The van der Waals surface area contributed by atoms with Crippen molar-refractivity contribution >= 4 is 0 Å². The average Bonchev–Trinajstić information content (AvgIpc) is 2.28. The van der Waals surface area contributed by atoms with Crippen LogP contribution < -0.4 is 10.5 Å². The maximum absolute atomic E-state index is 13.0. The smallest absolute Gasteiger partial charge is 0.206 e. The summed E-state index contributed by atoms with van der Waals surface area (Å²) >= 11 is 0. The molecule has 0 aliphatic heterocycles. The monoisotopic (exact) mass is 242 g/mol. The van der Waals surface area contributed by atoms with E-state index in [9.17, 15) is 22.0 Å². The molecule has 0 amide bonds. The van der Waals surface area contributed by atoms with Gasteiger partial charge < -0.3 is 10.5 Å². The number of rotatable bonds is 4. The van der Waals surface area contributed by atoms with Crippen LogP contribution in [0, 0.1) is 29.1 Å². The van der Waals surface area contributed by atoms with Crippen LogP contribution in [0.3, 0.4) is 0 Å². The second-order valence-electron chi connectivity index (χ2n) is 2.95. The molecule has 0 aromatic heterocycles. The quantitative estimate of drug-likeness (QED) is 0.368. The maximum atomic E-state index is 13.0. The van der Waals surface area contributed by atoms with Gasteiger partial charge in [-0.25, -0.2) is 13.2 Å². The van der Waals surface area contributed by atoms with Crippen LogP contribution in [0.4, 0.5) is 22.0 Å². The number of quaternary nitrogens is 1. The summed E-state index contributed by atoms with van der Waals surface area (Å²) in [4.78, 5) is 0. The van der Waals surface area contributed by atoms with Gasteiger partial charge in [0.25, 0.3) is 0 Å².